The third-order valence-corrected chi connectivity index (χ3v) is 5.97. The summed E-state index contributed by atoms with van der Waals surface area (Å²) in [6.45, 7) is 7.46. The van der Waals surface area contributed by atoms with Crippen LogP contribution in [0.3, 0.4) is 0 Å². The van der Waals surface area contributed by atoms with Gasteiger partial charge in [-0.15, -0.1) is 0 Å². The van der Waals surface area contributed by atoms with Crippen molar-refractivity contribution >= 4 is 17.6 Å². The standard InChI is InChI=1S/C28H30N4O3/c1-19-9-11-20(12-10-19)25(33)28(18-24(30-31-28)23-8-6-7-17-29-23)21-13-15-22(16-14-21)32(5)26(34)35-27(2,3)4/h6-17,24H,18H2,1-5H3. The van der Waals surface area contributed by atoms with Crippen LogP contribution < -0.4 is 4.90 Å². The Hall–Kier alpha value is -3.87. The average Bonchev–Trinajstić information content (AvgIpc) is 3.30. The summed E-state index contributed by atoms with van der Waals surface area (Å²) in [5, 5.41) is 9.07. The van der Waals surface area contributed by atoms with Gasteiger partial charge in [-0.05, 0) is 57.5 Å². The first-order valence-electron chi connectivity index (χ1n) is 11.6. The van der Waals surface area contributed by atoms with Gasteiger partial charge in [0.25, 0.3) is 0 Å². The number of hydrogen-bond acceptors (Lipinski definition) is 6. The Bertz CT molecular complexity index is 1230. The third kappa shape index (κ3) is 5.14. The highest BCUT2D eigenvalue weighted by Gasteiger charge is 2.47. The lowest BCUT2D eigenvalue weighted by Gasteiger charge is -2.27. The Morgan fingerprint density at radius 2 is 1.69 bits per heavy atom. The Balaban J connectivity index is 1.68. The van der Waals surface area contributed by atoms with Gasteiger partial charge in [-0.3, -0.25) is 14.7 Å². The Morgan fingerprint density at radius 3 is 2.29 bits per heavy atom. The van der Waals surface area contributed by atoms with Gasteiger partial charge < -0.3 is 4.74 Å². The summed E-state index contributed by atoms with van der Waals surface area (Å²) in [6.07, 6.45) is 1.64. The van der Waals surface area contributed by atoms with Crippen LogP contribution in [0.5, 0.6) is 0 Å². The molecule has 4 rings (SSSR count). The molecule has 0 radical (unpaired) electrons. The summed E-state index contributed by atoms with van der Waals surface area (Å²) in [5.74, 6) is -0.118. The van der Waals surface area contributed by atoms with Crippen molar-refractivity contribution in [2.75, 3.05) is 11.9 Å². The number of anilines is 1. The van der Waals surface area contributed by atoms with Crippen molar-refractivity contribution in [2.45, 2.75) is 51.3 Å². The van der Waals surface area contributed by atoms with Crippen LogP contribution in [-0.4, -0.2) is 29.5 Å². The van der Waals surface area contributed by atoms with E-state index in [9.17, 15) is 9.59 Å². The number of carbonyl (C=O) groups excluding carboxylic acids is 2. The van der Waals surface area contributed by atoms with Gasteiger partial charge in [0.05, 0.1) is 5.69 Å². The zero-order valence-corrected chi connectivity index (χ0v) is 20.7. The molecule has 0 saturated carbocycles. The number of nitrogens with zero attached hydrogens (tertiary/aromatic N) is 4. The van der Waals surface area contributed by atoms with Gasteiger partial charge in [-0.25, -0.2) is 4.79 Å². The van der Waals surface area contributed by atoms with Crippen LogP contribution in [0.2, 0.25) is 0 Å². The lowest BCUT2D eigenvalue weighted by Crippen LogP contribution is -2.34. The van der Waals surface area contributed by atoms with E-state index in [1.54, 1.807) is 25.4 Å². The van der Waals surface area contributed by atoms with Crippen molar-refractivity contribution < 1.29 is 14.3 Å². The summed E-state index contributed by atoms with van der Waals surface area (Å²) < 4.78 is 5.46. The highest BCUT2D eigenvalue weighted by atomic mass is 16.6. The smallest absolute Gasteiger partial charge is 0.414 e. The Kier molecular flexibility index (Phi) is 6.52. The second-order valence-corrected chi connectivity index (χ2v) is 9.83. The number of aromatic nitrogens is 1. The maximum absolute atomic E-state index is 13.9. The molecule has 1 aromatic heterocycles. The normalized spacial score (nSPS) is 19.4. The van der Waals surface area contributed by atoms with Gasteiger partial charge >= 0.3 is 6.09 Å². The topological polar surface area (TPSA) is 84.2 Å². The van der Waals surface area contributed by atoms with Crippen LogP contribution in [-0.2, 0) is 10.3 Å². The molecule has 35 heavy (non-hydrogen) atoms. The number of carbonyl (C=O) groups is 2. The van der Waals surface area contributed by atoms with Crippen LogP contribution in [0.4, 0.5) is 10.5 Å². The van der Waals surface area contributed by atoms with E-state index in [1.165, 1.54) is 4.90 Å². The monoisotopic (exact) mass is 470 g/mol. The van der Waals surface area contributed by atoms with Crippen molar-refractivity contribution in [3.05, 3.63) is 95.3 Å². The minimum absolute atomic E-state index is 0.118. The maximum Gasteiger partial charge on any atom is 0.414 e. The van der Waals surface area contributed by atoms with E-state index >= 15 is 0 Å². The molecule has 1 aliphatic rings. The zero-order valence-electron chi connectivity index (χ0n) is 20.7. The molecular formula is C28H30N4O3. The number of ether oxygens (including phenoxy) is 1. The van der Waals surface area contributed by atoms with E-state index in [0.29, 0.717) is 23.2 Å². The van der Waals surface area contributed by atoms with Crippen LogP contribution in [0, 0.1) is 6.92 Å². The van der Waals surface area contributed by atoms with Crippen molar-refractivity contribution in [2.24, 2.45) is 10.2 Å². The largest absolute Gasteiger partial charge is 0.443 e. The van der Waals surface area contributed by atoms with Crippen molar-refractivity contribution in [3.63, 3.8) is 0 Å². The third-order valence-electron chi connectivity index (χ3n) is 5.97. The molecule has 1 aliphatic heterocycles. The Morgan fingerprint density at radius 1 is 1.00 bits per heavy atom. The fraction of sp³-hybridized carbons (Fsp3) is 0.321. The molecule has 0 saturated heterocycles. The number of benzene rings is 2. The first kappa shape index (κ1) is 24.3. The van der Waals surface area contributed by atoms with Crippen LogP contribution in [0.25, 0.3) is 0 Å². The highest BCUT2D eigenvalue weighted by molar-refractivity contribution is 6.04. The summed E-state index contributed by atoms with van der Waals surface area (Å²) >= 11 is 0. The molecular weight excluding hydrogens is 440 g/mol. The van der Waals surface area contributed by atoms with Gasteiger partial charge in [0.2, 0.25) is 0 Å². The van der Waals surface area contributed by atoms with E-state index in [0.717, 1.165) is 11.3 Å². The van der Waals surface area contributed by atoms with Crippen molar-refractivity contribution in [1.82, 2.24) is 4.98 Å². The van der Waals surface area contributed by atoms with Crippen LogP contribution >= 0.6 is 0 Å². The van der Waals surface area contributed by atoms with E-state index in [4.69, 9.17) is 4.74 Å². The molecule has 1 amide bonds. The van der Waals surface area contributed by atoms with Crippen molar-refractivity contribution in [3.8, 4) is 0 Å². The predicted molar refractivity (Wildman–Crippen MR) is 135 cm³/mol. The lowest BCUT2D eigenvalue weighted by atomic mass is 9.79. The molecule has 0 aliphatic carbocycles. The molecule has 7 nitrogen and oxygen atoms in total. The number of rotatable bonds is 5. The van der Waals surface area contributed by atoms with E-state index in [1.807, 2.05) is 82.3 Å². The van der Waals surface area contributed by atoms with Gasteiger partial charge in [0.15, 0.2) is 11.3 Å². The molecule has 2 heterocycles. The Labute approximate surface area is 205 Å². The van der Waals surface area contributed by atoms with Gasteiger partial charge in [0.1, 0.15) is 11.6 Å². The second-order valence-electron chi connectivity index (χ2n) is 9.83. The number of hydrogen-bond donors (Lipinski definition) is 0. The summed E-state index contributed by atoms with van der Waals surface area (Å²) in [4.78, 5) is 32.2. The minimum Gasteiger partial charge on any atom is -0.443 e. The SMILES string of the molecule is Cc1ccc(C(=O)C2(c3ccc(N(C)C(=O)OC(C)(C)C)cc3)CC(c3ccccn3)N=N2)cc1. The summed E-state index contributed by atoms with van der Waals surface area (Å²) in [5.41, 5.74) is 2.01. The quantitative estimate of drug-likeness (QED) is 0.402. The maximum atomic E-state index is 13.9. The first-order chi connectivity index (χ1) is 16.6. The van der Waals surface area contributed by atoms with Gasteiger partial charge in [-0.1, -0.05) is 48.0 Å². The van der Waals surface area contributed by atoms with E-state index < -0.39 is 17.2 Å². The van der Waals surface area contributed by atoms with Crippen LogP contribution in [0.15, 0.2) is 83.2 Å². The fourth-order valence-corrected chi connectivity index (χ4v) is 4.05. The first-order valence-corrected chi connectivity index (χ1v) is 11.6. The lowest BCUT2D eigenvalue weighted by molar-refractivity contribution is 0.0589. The minimum atomic E-state index is -1.18. The highest BCUT2D eigenvalue weighted by Crippen LogP contribution is 2.45. The number of azo groups is 1. The molecule has 0 fully saturated rings. The predicted octanol–water partition coefficient (Wildman–Crippen LogP) is 6.44. The molecule has 2 unspecified atom stereocenters. The molecule has 0 bridgehead atoms. The van der Waals surface area contributed by atoms with Crippen LogP contribution in [0.1, 0.15) is 60.4 Å². The molecule has 2 atom stereocenters. The molecule has 0 spiro atoms. The molecule has 3 aromatic rings. The average molecular weight is 471 g/mol. The summed E-state index contributed by atoms with van der Waals surface area (Å²) in [6, 6.07) is 20.1. The molecule has 180 valence electrons. The number of ketones is 1. The number of pyridine rings is 1. The number of aryl methyl sites for hydroxylation is 1. The van der Waals surface area contributed by atoms with Gasteiger partial charge in [-0.2, -0.15) is 10.2 Å². The van der Waals surface area contributed by atoms with Crippen molar-refractivity contribution in [1.29, 1.82) is 0 Å². The molecule has 7 heteroatoms. The van der Waals surface area contributed by atoms with Gasteiger partial charge in [0, 0.05) is 30.9 Å². The fourth-order valence-electron chi connectivity index (χ4n) is 4.05. The second kappa shape index (κ2) is 9.41. The molecule has 0 N–H and O–H groups in total. The number of Topliss-reactive ketones (excluding diaryl/α,β-unsaturated/α-hetero) is 1. The number of amides is 1. The van der Waals surface area contributed by atoms with E-state index in [2.05, 4.69) is 15.2 Å². The van der Waals surface area contributed by atoms with E-state index in [-0.39, 0.29) is 11.8 Å². The zero-order chi connectivity index (χ0) is 25.2. The summed E-state index contributed by atoms with van der Waals surface area (Å²) in [7, 11) is 1.66. The molecule has 2 aromatic carbocycles.